The van der Waals surface area contributed by atoms with Crippen LogP contribution in [0.1, 0.15) is 6.42 Å². The summed E-state index contributed by atoms with van der Waals surface area (Å²) in [5, 5.41) is 11.4. The number of nitrogens with one attached hydrogen (secondary N) is 1. The summed E-state index contributed by atoms with van der Waals surface area (Å²) in [7, 11) is 0. The van der Waals surface area contributed by atoms with E-state index in [1.54, 1.807) is 24.3 Å². The number of halogens is 2. The maximum Gasteiger partial charge on any atom is 0.251 e. The third-order valence-electron chi connectivity index (χ3n) is 2.53. The summed E-state index contributed by atoms with van der Waals surface area (Å²) in [5.41, 5.74) is 0.676. The summed E-state index contributed by atoms with van der Waals surface area (Å²) in [4.78, 5) is 13.0. The molecule has 0 aliphatic carbocycles. The maximum atomic E-state index is 12.3. The van der Waals surface area contributed by atoms with E-state index in [-0.39, 0.29) is 32.0 Å². The number of hydrogen-bond acceptors (Lipinski definition) is 3. The molecular formula is C13H18F2N2O2. The Morgan fingerprint density at radius 3 is 2.53 bits per heavy atom. The molecule has 1 rings (SSSR count). The van der Waals surface area contributed by atoms with Crippen LogP contribution in [0, 0.1) is 0 Å². The lowest BCUT2D eigenvalue weighted by Gasteiger charge is -2.20. The molecule has 0 bridgehead atoms. The number of amides is 1. The van der Waals surface area contributed by atoms with Crippen molar-refractivity contribution in [1.82, 2.24) is 4.90 Å². The van der Waals surface area contributed by atoms with Crippen molar-refractivity contribution in [1.29, 1.82) is 0 Å². The van der Waals surface area contributed by atoms with Crippen molar-refractivity contribution in [3.8, 4) is 0 Å². The Hall–Kier alpha value is -1.53. The maximum absolute atomic E-state index is 12.3. The molecule has 1 aromatic rings. The van der Waals surface area contributed by atoms with Gasteiger partial charge in [0.1, 0.15) is 0 Å². The summed E-state index contributed by atoms with van der Waals surface area (Å²) in [6.45, 7) is -0.293. The lowest BCUT2D eigenvalue weighted by atomic mass is 10.3. The minimum absolute atomic E-state index is 0.113. The van der Waals surface area contributed by atoms with Gasteiger partial charge in [0.25, 0.3) is 6.43 Å². The van der Waals surface area contributed by atoms with Gasteiger partial charge in [0, 0.05) is 25.2 Å². The number of rotatable bonds is 8. The first kappa shape index (κ1) is 15.5. The van der Waals surface area contributed by atoms with E-state index in [0.29, 0.717) is 5.69 Å². The minimum Gasteiger partial charge on any atom is -0.395 e. The summed E-state index contributed by atoms with van der Waals surface area (Å²) < 4.78 is 24.5. The van der Waals surface area contributed by atoms with Gasteiger partial charge in [0.2, 0.25) is 5.91 Å². The molecule has 0 aliphatic rings. The predicted octanol–water partition coefficient (Wildman–Crippen LogP) is 1.57. The first-order chi connectivity index (χ1) is 9.11. The molecule has 0 aliphatic heterocycles. The van der Waals surface area contributed by atoms with Crippen molar-refractivity contribution in [3.63, 3.8) is 0 Å². The Labute approximate surface area is 111 Å². The van der Waals surface area contributed by atoms with Gasteiger partial charge in [-0.05, 0) is 12.1 Å². The second kappa shape index (κ2) is 8.55. The van der Waals surface area contributed by atoms with Crippen molar-refractivity contribution >= 4 is 11.6 Å². The van der Waals surface area contributed by atoms with Gasteiger partial charge in [-0.15, -0.1) is 0 Å². The molecule has 0 atom stereocenters. The largest absolute Gasteiger partial charge is 0.395 e. The summed E-state index contributed by atoms with van der Waals surface area (Å²) in [6, 6.07) is 8.93. The zero-order chi connectivity index (χ0) is 14.1. The fraction of sp³-hybridized carbons (Fsp3) is 0.462. The third kappa shape index (κ3) is 6.83. The van der Waals surface area contributed by atoms with E-state index in [0.717, 1.165) is 0 Å². The quantitative estimate of drug-likeness (QED) is 0.755. The number of carbonyl (C=O) groups excluding carboxylic acids is 1. The van der Waals surface area contributed by atoms with Gasteiger partial charge in [-0.2, -0.15) is 0 Å². The third-order valence-corrected chi connectivity index (χ3v) is 2.53. The molecule has 0 unspecified atom stereocenters. The number of alkyl halides is 2. The Morgan fingerprint density at radius 1 is 1.26 bits per heavy atom. The average molecular weight is 272 g/mol. The van der Waals surface area contributed by atoms with Crippen LogP contribution in [0.5, 0.6) is 0 Å². The highest BCUT2D eigenvalue weighted by Gasteiger charge is 2.13. The molecule has 106 valence electrons. The van der Waals surface area contributed by atoms with E-state index >= 15 is 0 Å². The molecule has 0 aromatic heterocycles. The number of carbonyl (C=O) groups is 1. The Kier molecular flexibility index (Phi) is 6.99. The summed E-state index contributed by atoms with van der Waals surface area (Å²) in [5.74, 6) is -0.233. The molecule has 19 heavy (non-hydrogen) atoms. The summed E-state index contributed by atoms with van der Waals surface area (Å²) in [6.07, 6.45) is -2.36. The number of nitrogens with zero attached hydrogens (tertiary/aromatic N) is 1. The number of hydrogen-bond donors (Lipinski definition) is 2. The smallest absolute Gasteiger partial charge is 0.251 e. The second-order valence-corrected chi connectivity index (χ2v) is 4.08. The summed E-state index contributed by atoms with van der Waals surface area (Å²) >= 11 is 0. The number of benzene rings is 1. The molecule has 0 saturated carbocycles. The monoisotopic (exact) mass is 272 g/mol. The molecule has 4 nitrogen and oxygen atoms in total. The van der Waals surface area contributed by atoms with E-state index < -0.39 is 13.0 Å². The Morgan fingerprint density at radius 2 is 1.95 bits per heavy atom. The van der Waals surface area contributed by atoms with Gasteiger partial charge in [-0.3, -0.25) is 9.69 Å². The molecule has 0 saturated heterocycles. The van der Waals surface area contributed by atoms with Crippen molar-refractivity contribution in [2.24, 2.45) is 0 Å². The van der Waals surface area contributed by atoms with Crippen molar-refractivity contribution in [3.05, 3.63) is 30.3 Å². The van der Waals surface area contributed by atoms with Crippen LogP contribution in [0.4, 0.5) is 14.5 Å². The Balaban J connectivity index is 2.35. The lowest BCUT2D eigenvalue weighted by Crippen LogP contribution is -2.34. The Bertz CT molecular complexity index is 374. The average Bonchev–Trinajstić information content (AvgIpc) is 2.37. The second-order valence-electron chi connectivity index (χ2n) is 4.08. The molecule has 2 N–H and O–H groups in total. The van der Waals surface area contributed by atoms with E-state index in [1.165, 1.54) is 4.90 Å². The molecule has 6 heteroatoms. The van der Waals surface area contributed by atoms with Crippen molar-refractivity contribution in [2.45, 2.75) is 12.8 Å². The van der Waals surface area contributed by atoms with E-state index in [1.807, 2.05) is 6.07 Å². The highest BCUT2D eigenvalue weighted by atomic mass is 19.3. The fourth-order valence-corrected chi connectivity index (χ4v) is 1.64. The van der Waals surface area contributed by atoms with Gasteiger partial charge in [-0.25, -0.2) is 8.78 Å². The van der Waals surface area contributed by atoms with E-state index in [9.17, 15) is 13.6 Å². The van der Waals surface area contributed by atoms with Gasteiger partial charge in [0.15, 0.2) is 0 Å². The highest BCUT2D eigenvalue weighted by Crippen LogP contribution is 2.06. The van der Waals surface area contributed by atoms with Gasteiger partial charge >= 0.3 is 0 Å². The SMILES string of the molecule is O=C(CCN(CCO)CC(F)F)Nc1ccccc1. The lowest BCUT2D eigenvalue weighted by molar-refractivity contribution is -0.116. The first-order valence-electron chi connectivity index (χ1n) is 6.08. The zero-order valence-electron chi connectivity index (χ0n) is 10.6. The zero-order valence-corrected chi connectivity index (χ0v) is 10.6. The number of para-hydroxylation sites is 1. The van der Waals surface area contributed by atoms with Crippen LogP contribution in [0.15, 0.2) is 30.3 Å². The van der Waals surface area contributed by atoms with Crippen molar-refractivity contribution in [2.75, 3.05) is 31.6 Å². The van der Waals surface area contributed by atoms with Gasteiger partial charge in [0.05, 0.1) is 13.2 Å². The van der Waals surface area contributed by atoms with Gasteiger partial charge < -0.3 is 10.4 Å². The van der Waals surface area contributed by atoms with Crippen LogP contribution in [0.25, 0.3) is 0 Å². The number of aliphatic hydroxyl groups is 1. The molecule has 0 heterocycles. The van der Waals surface area contributed by atoms with Crippen LogP contribution in [-0.4, -0.2) is 48.6 Å². The number of anilines is 1. The molecule has 0 fully saturated rings. The van der Waals surface area contributed by atoms with E-state index in [2.05, 4.69) is 5.32 Å². The van der Waals surface area contributed by atoms with Crippen LogP contribution in [0.3, 0.4) is 0 Å². The van der Waals surface area contributed by atoms with Gasteiger partial charge in [-0.1, -0.05) is 18.2 Å². The molecule has 0 radical (unpaired) electrons. The highest BCUT2D eigenvalue weighted by molar-refractivity contribution is 5.90. The minimum atomic E-state index is -2.47. The van der Waals surface area contributed by atoms with Crippen LogP contribution >= 0.6 is 0 Å². The first-order valence-corrected chi connectivity index (χ1v) is 6.08. The standard InChI is InChI=1S/C13H18F2N2O2/c14-12(15)10-17(8-9-18)7-6-13(19)16-11-4-2-1-3-5-11/h1-5,12,18H,6-10H2,(H,16,19). The molecule has 1 amide bonds. The molecule has 1 aromatic carbocycles. The molecule has 0 spiro atoms. The normalized spacial score (nSPS) is 11.0. The fourth-order valence-electron chi connectivity index (χ4n) is 1.64. The van der Waals surface area contributed by atoms with Crippen molar-refractivity contribution < 1.29 is 18.7 Å². The topological polar surface area (TPSA) is 52.6 Å². The predicted molar refractivity (Wildman–Crippen MR) is 69.2 cm³/mol. The van der Waals surface area contributed by atoms with E-state index in [4.69, 9.17) is 5.11 Å². The van der Waals surface area contributed by atoms with Crippen LogP contribution < -0.4 is 5.32 Å². The molecular weight excluding hydrogens is 254 g/mol. The van der Waals surface area contributed by atoms with Crippen LogP contribution in [0.2, 0.25) is 0 Å². The number of aliphatic hydroxyl groups excluding tert-OH is 1. The van der Waals surface area contributed by atoms with Crippen LogP contribution in [-0.2, 0) is 4.79 Å².